The predicted octanol–water partition coefficient (Wildman–Crippen LogP) is 5.46. The van der Waals surface area contributed by atoms with Crippen LogP contribution in [0.15, 0.2) is 53.4 Å². The Morgan fingerprint density at radius 1 is 0.903 bits per heavy atom. The van der Waals surface area contributed by atoms with Crippen molar-refractivity contribution in [2.24, 2.45) is 0 Å². The number of halogens is 8. The highest BCUT2D eigenvalue weighted by Gasteiger charge is 2.73. The lowest BCUT2D eigenvalue weighted by Crippen LogP contribution is -2.50. The van der Waals surface area contributed by atoms with Gasteiger partial charge in [0.25, 0.3) is 0 Å². The van der Waals surface area contributed by atoms with E-state index in [4.69, 9.17) is 0 Å². The Labute approximate surface area is 176 Å². The summed E-state index contributed by atoms with van der Waals surface area (Å²) in [4.78, 5) is 0.608. The molecule has 2 aromatic rings. The van der Waals surface area contributed by atoms with Gasteiger partial charge in [-0.25, -0.2) is 8.78 Å². The van der Waals surface area contributed by atoms with Gasteiger partial charge in [-0.1, -0.05) is 24.3 Å². The van der Waals surface area contributed by atoms with Crippen LogP contribution in [-0.4, -0.2) is 36.7 Å². The summed E-state index contributed by atoms with van der Waals surface area (Å²) in [6, 6.07) is 8.07. The van der Waals surface area contributed by atoms with Crippen LogP contribution in [0.2, 0.25) is 0 Å². The second-order valence-electron chi connectivity index (χ2n) is 7.25. The molecule has 1 unspecified atom stereocenters. The number of hydrogen-bond acceptors (Lipinski definition) is 3. The van der Waals surface area contributed by atoms with Crippen molar-refractivity contribution in [3.05, 3.63) is 65.5 Å². The topological polar surface area (TPSA) is 32.3 Å². The Balaban J connectivity index is 2.01. The Morgan fingerprint density at radius 2 is 1.45 bits per heavy atom. The molecule has 170 valence electrons. The predicted molar refractivity (Wildman–Crippen MR) is 98.8 cm³/mol. The average Bonchev–Trinajstić information content (AvgIpc) is 3.12. The van der Waals surface area contributed by atoms with E-state index >= 15 is 0 Å². The quantitative estimate of drug-likeness (QED) is 0.569. The van der Waals surface area contributed by atoms with E-state index in [1.54, 1.807) is 0 Å². The van der Waals surface area contributed by atoms with Gasteiger partial charge in [0.15, 0.2) is 0 Å². The minimum Gasteiger partial charge on any atom is -0.395 e. The first-order chi connectivity index (χ1) is 14.3. The van der Waals surface area contributed by atoms with Crippen LogP contribution in [0.4, 0.5) is 35.1 Å². The average molecular weight is 471 g/mol. The number of aliphatic hydroxyl groups excluding tert-OH is 1. The van der Waals surface area contributed by atoms with E-state index < -0.39 is 34.1 Å². The number of hydrogen-bond donors (Lipinski definition) is 2. The number of nitrogens with one attached hydrogen (secondary N) is 1. The lowest BCUT2D eigenvalue weighted by Gasteiger charge is -2.32. The van der Waals surface area contributed by atoms with Gasteiger partial charge in [-0.05, 0) is 36.2 Å². The fourth-order valence-corrected chi connectivity index (χ4v) is 4.97. The normalized spacial score (nSPS) is 22.7. The Bertz CT molecular complexity index is 883. The minimum absolute atomic E-state index is 0.235. The van der Waals surface area contributed by atoms with Crippen molar-refractivity contribution in [2.45, 2.75) is 40.1 Å². The molecule has 0 radical (unpaired) electrons. The first-order valence-electron chi connectivity index (χ1n) is 9.04. The van der Waals surface area contributed by atoms with Crippen LogP contribution in [0, 0.1) is 5.82 Å². The molecule has 1 aliphatic heterocycles. The van der Waals surface area contributed by atoms with Gasteiger partial charge in [0.2, 0.25) is 0 Å². The van der Waals surface area contributed by atoms with Crippen molar-refractivity contribution in [3.63, 3.8) is 0 Å². The maximum absolute atomic E-state index is 14.3. The molecule has 2 aromatic carbocycles. The molecule has 3 rings (SSSR count). The lowest BCUT2D eigenvalue weighted by molar-refractivity contribution is -0.348. The second kappa shape index (κ2) is 8.25. The van der Waals surface area contributed by atoms with Crippen LogP contribution in [0.1, 0.15) is 17.5 Å². The number of rotatable bonds is 5. The molecule has 0 spiro atoms. The van der Waals surface area contributed by atoms with Crippen molar-refractivity contribution in [2.75, 3.05) is 13.2 Å². The minimum atomic E-state index is -6.19. The molecule has 2 atom stereocenters. The third-order valence-electron chi connectivity index (χ3n) is 5.19. The van der Waals surface area contributed by atoms with Crippen LogP contribution in [-0.2, 0) is 10.4 Å². The molecule has 2 nitrogen and oxygen atoms in total. The van der Waals surface area contributed by atoms with Gasteiger partial charge >= 0.3 is 18.0 Å². The van der Waals surface area contributed by atoms with Crippen molar-refractivity contribution in [3.8, 4) is 0 Å². The van der Waals surface area contributed by atoms with Crippen LogP contribution in [0.5, 0.6) is 0 Å². The largest absolute Gasteiger partial charge is 0.435 e. The molecule has 0 bridgehead atoms. The first-order valence-corrected chi connectivity index (χ1v) is 9.86. The zero-order valence-electron chi connectivity index (χ0n) is 15.7. The maximum atomic E-state index is 14.3. The fraction of sp³-hybridized carbons (Fsp3) is 0.400. The molecular weight excluding hydrogens is 454 g/mol. The summed E-state index contributed by atoms with van der Waals surface area (Å²) in [5.41, 5.74) is -6.72. The zero-order valence-corrected chi connectivity index (χ0v) is 16.5. The van der Waals surface area contributed by atoms with Crippen LogP contribution in [0.3, 0.4) is 0 Å². The fourth-order valence-electron chi connectivity index (χ4n) is 3.56. The summed E-state index contributed by atoms with van der Waals surface area (Å²) in [5, 5.41) is 12.5. The standard InChI is InChI=1S/C20H17F8NOS/c21-14-5-7-16(8-6-14)31-17(9-15(10-30)29-11-17)12-1-3-13(4-2-12)18(22,19(23,24)25)20(26,27)28/h1-8,15,29-30H,9-11H2/t15-,17?/m0/s1. The summed E-state index contributed by atoms with van der Waals surface area (Å²) in [7, 11) is 0. The molecule has 0 aliphatic carbocycles. The van der Waals surface area contributed by atoms with Crippen molar-refractivity contribution in [1.82, 2.24) is 5.32 Å². The highest BCUT2D eigenvalue weighted by Crippen LogP contribution is 2.54. The van der Waals surface area contributed by atoms with E-state index in [0.717, 1.165) is 12.1 Å². The Morgan fingerprint density at radius 3 is 1.90 bits per heavy atom. The van der Waals surface area contributed by atoms with Crippen LogP contribution >= 0.6 is 11.8 Å². The van der Waals surface area contributed by atoms with Crippen molar-refractivity contribution in [1.29, 1.82) is 0 Å². The molecule has 1 aliphatic rings. The zero-order chi connectivity index (χ0) is 23.1. The number of alkyl halides is 7. The molecular formula is C20H17F8NOS. The van der Waals surface area contributed by atoms with E-state index in [1.165, 1.54) is 36.0 Å². The summed E-state index contributed by atoms with van der Waals surface area (Å²) >= 11 is 1.23. The van der Waals surface area contributed by atoms with E-state index in [0.29, 0.717) is 29.0 Å². The van der Waals surface area contributed by atoms with Crippen molar-refractivity contribution < 1.29 is 40.2 Å². The maximum Gasteiger partial charge on any atom is 0.435 e. The monoisotopic (exact) mass is 471 g/mol. The second-order valence-corrected chi connectivity index (χ2v) is 8.70. The summed E-state index contributed by atoms with van der Waals surface area (Å²) in [6.07, 6.45) is -12.1. The third kappa shape index (κ3) is 4.40. The van der Waals surface area contributed by atoms with Gasteiger partial charge < -0.3 is 10.4 Å². The smallest absolute Gasteiger partial charge is 0.395 e. The Kier molecular flexibility index (Phi) is 6.34. The molecule has 0 aromatic heterocycles. The van der Waals surface area contributed by atoms with Gasteiger partial charge in [-0.2, -0.15) is 26.3 Å². The van der Waals surface area contributed by atoms with Crippen LogP contribution in [0.25, 0.3) is 0 Å². The van der Waals surface area contributed by atoms with E-state index in [9.17, 15) is 40.2 Å². The Hall–Kier alpha value is -1.85. The number of thioether (sulfide) groups is 1. The molecule has 0 amide bonds. The van der Waals surface area contributed by atoms with Crippen LogP contribution < -0.4 is 5.32 Å². The molecule has 31 heavy (non-hydrogen) atoms. The SMILES string of the molecule is OC[C@@H]1CC(Sc2ccc(F)cc2)(c2ccc(C(F)(C(F)(F)F)C(F)(F)F)cc2)CN1. The lowest BCUT2D eigenvalue weighted by atomic mass is 9.89. The molecule has 1 heterocycles. The van der Waals surface area contributed by atoms with Crippen molar-refractivity contribution >= 4 is 11.8 Å². The molecule has 0 saturated carbocycles. The highest BCUT2D eigenvalue weighted by atomic mass is 32.2. The molecule has 2 N–H and O–H groups in total. The number of benzene rings is 2. The van der Waals surface area contributed by atoms with Gasteiger partial charge in [0.05, 0.1) is 11.4 Å². The van der Waals surface area contributed by atoms with E-state index in [-0.39, 0.29) is 19.2 Å². The van der Waals surface area contributed by atoms with E-state index in [2.05, 4.69) is 5.32 Å². The van der Waals surface area contributed by atoms with Gasteiger partial charge in [-0.3, -0.25) is 0 Å². The summed E-state index contributed by atoms with van der Waals surface area (Å²) < 4.78 is 105. The van der Waals surface area contributed by atoms with Gasteiger partial charge in [-0.15, -0.1) is 11.8 Å². The summed E-state index contributed by atoms with van der Waals surface area (Å²) in [6.45, 7) is -0.00151. The van der Waals surface area contributed by atoms with E-state index in [1.807, 2.05) is 0 Å². The van der Waals surface area contributed by atoms with Gasteiger partial charge in [0, 0.05) is 23.0 Å². The highest BCUT2D eigenvalue weighted by molar-refractivity contribution is 8.00. The molecule has 1 fully saturated rings. The molecule has 11 heteroatoms. The summed E-state index contributed by atoms with van der Waals surface area (Å²) in [5.74, 6) is -0.473. The third-order valence-corrected chi connectivity index (χ3v) is 6.63. The first kappa shape index (κ1) is 23.8. The number of aliphatic hydroxyl groups is 1. The molecule has 1 saturated heterocycles. The van der Waals surface area contributed by atoms with Gasteiger partial charge in [0.1, 0.15) is 5.82 Å².